The van der Waals surface area contributed by atoms with Gasteiger partial charge in [-0.1, -0.05) is 13.8 Å². The standard InChI is InChI=1S/C33H60N7O13P/c1-23(2)20-25(39(3)4)31(44)37-10-7-27(41)36-11-13-49-15-17-51-19-18-50-16-14-48-12-8-28(42)35-9-5-6-24-21-40(33(45)38-30(24)34)32-29(43)26(22-52-32)53-54(46)47/h23-26,29,32,43H,5-22H2,1-4H3,(H5-,34,35,36,37,38,41,42,44,45,46,47)/p+1/t24?,25?,26?,29-,32+/m0/s1. The summed E-state index contributed by atoms with van der Waals surface area (Å²) in [5.74, 6) is -0.191. The number of carbonyl (C=O) groups is 4. The van der Waals surface area contributed by atoms with Crippen LogP contribution in [0.2, 0.25) is 0 Å². The molecule has 2 heterocycles. The zero-order valence-electron chi connectivity index (χ0n) is 31.9. The van der Waals surface area contributed by atoms with E-state index in [2.05, 4.69) is 34.8 Å². The lowest BCUT2D eigenvalue weighted by Gasteiger charge is -2.34. The van der Waals surface area contributed by atoms with E-state index >= 15 is 0 Å². The first-order valence-corrected chi connectivity index (χ1v) is 19.5. The number of hydrogen-bond donors (Lipinski definition) is 6. The minimum Gasteiger partial charge on any atom is -0.387 e. The number of aliphatic imine (C=N–C) groups is 1. The first kappa shape index (κ1) is 47.2. The molecule has 0 aromatic rings. The lowest BCUT2D eigenvalue weighted by atomic mass is 9.99. The molecule has 4 unspecified atom stereocenters. The van der Waals surface area contributed by atoms with Crippen molar-refractivity contribution in [2.45, 2.75) is 70.4 Å². The molecule has 310 valence electrons. The maximum Gasteiger partial charge on any atom is 0.695 e. The molecule has 7 N–H and O–H groups in total. The molecule has 20 nitrogen and oxygen atoms in total. The van der Waals surface area contributed by atoms with Gasteiger partial charge >= 0.3 is 14.3 Å². The first-order chi connectivity index (χ1) is 25.8. The predicted molar refractivity (Wildman–Crippen MR) is 195 cm³/mol. The van der Waals surface area contributed by atoms with Crippen LogP contribution >= 0.6 is 8.25 Å². The van der Waals surface area contributed by atoms with Crippen molar-refractivity contribution in [3.05, 3.63) is 0 Å². The van der Waals surface area contributed by atoms with E-state index in [-0.39, 0.29) is 74.7 Å². The smallest absolute Gasteiger partial charge is 0.387 e. The summed E-state index contributed by atoms with van der Waals surface area (Å²) < 4.78 is 43.0. The fourth-order valence-corrected chi connectivity index (χ4v) is 5.96. The van der Waals surface area contributed by atoms with E-state index in [0.717, 1.165) is 6.42 Å². The summed E-state index contributed by atoms with van der Waals surface area (Å²) in [5.41, 5.74) is 5.97. The minimum absolute atomic E-state index is 0.0733. The van der Waals surface area contributed by atoms with Crippen molar-refractivity contribution in [2.24, 2.45) is 22.6 Å². The highest BCUT2D eigenvalue weighted by Gasteiger charge is 2.47. The summed E-state index contributed by atoms with van der Waals surface area (Å²) >= 11 is 0. The molecule has 0 radical (unpaired) electrons. The summed E-state index contributed by atoms with van der Waals surface area (Å²) in [5, 5.41) is 18.8. The normalized spacial score (nSPS) is 21.0. The fourth-order valence-electron chi connectivity index (χ4n) is 5.54. The van der Waals surface area contributed by atoms with Crippen molar-refractivity contribution in [2.75, 3.05) is 99.7 Å². The number of urea groups is 1. The SMILES string of the molecule is CC(C)CC(C(=O)NCCC(=O)NCCOCCOCCOCCOCCC(=O)NCCCC1CN([C@@H]2OCC(O[P+](=O)O)[C@@H]2O)C(=O)N=C1N)N(C)C. The van der Waals surface area contributed by atoms with Crippen LogP contribution in [0.25, 0.3) is 0 Å². The van der Waals surface area contributed by atoms with Gasteiger partial charge in [0, 0.05) is 49.5 Å². The van der Waals surface area contributed by atoms with E-state index < -0.39 is 32.7 Å². The number of ether oxygens (including phenoxy) is 5. The number of amides is 5. The van der Waals surface area contributed by atoms with Crippen LogP contribution in [-0.2, 0) is 47.2 Å². The molecule has 6 atom stereocenters. The van der Waals surface area contributed by atoms with Crippen molar-refractivity contribution in [1.82, 2.24) is 25.8 Å². The topological polar surface area (TPSA) is 262 Å². The molecule has 0 aromatic carbocycles. The first-order valence-electron chi connectivity index (χ1n) is 18.4. The van der Waals surface area contributed by atoms with Crippen LogP contribution < -0.4 is 21.7 Å². The molecule has 21 heteroatoms. The third kappa shape index (κ3) is 19.1. The quantitative estimate of drug-likeness (QED) is 0.0396. The Hall–Kier alpha value is -2.91. The molecule has 1 saturated heterocycles. The third-order valence-electron chi connectivity index (χ3n) is 8.42. The van der Waals surface area contributed by atoms with Crippen LogP contribution in [0.15, 0.2) is 4.99 Å². The number of nitrogens with zero attached hydrogens (tertiary/aromatic N) is 3. The van der Waals surface area contributed by atoms with E-state index in [1.54, 1.807) is 0 Å². The highest BCUT2D eigenvalue weighted by molar-refractivity contribution is 7.32. The molecule has 5 amide bonds. The Labute approximate surface area is 318 Å². The number of rotatable bonds is 29. The number of likely N-dealkylation sites (N-methyl/N-ethyl adjacent to an activating group) is 1. The number of nitrogens with one attached hydrogen (secondary N) is 3. The second-order valence-corrected chi connectivity index (χ2v) is 14.1. The molecule has 2 aliphatic rings. The van der Waals surface area contributed by atoms with Gasteiger partial charge in [0.2, 0.25) is 17.7 Å². The van der Waals surface area contributed by atoms with Crippen LogP contribution in [0.3, 0.4) is 0 Å². The Balaban J connectivity index is 1.38. The number of carbonyl (C=O) groups excluding carboxylic acids is 4. The zero-order chi connectivity index (χ0) is 39.9. The molecule has 54 heavy (non-hydrogen) atoms. The van der Waals surface area contributed by atoms with E-state index in [4.69, 9.17) is 38.8 Å². The molecular formula is C33H61N7O13P+. The van der Waals surface area contributed by atoms with E-state index in [1.165, 1.54) is 4.90 Å². The monoisotopic (exact) mass is 794 g/mol. The van der Waals surface area contributed by atoms with Gasteiger partial charge in [0.05, 0.1) is 65.5 Å². The minimum atomic E-state index is -2.95. The summed E-state index contributed by atoms with van der Waals surface area (Å²) in [6.45, 7) is 7.88. The highest BCUT2D eigenvalue weighted by Crippen LogP contribution is 2.30. The maximum atomic E-state index is 12.4. The average molecular weight is 795 g/mol. The van der Waals surface area contributed by atoms with Gasteiger partial charge in [-0.25, -0.2) is 4.79 Å². The molecule has 1 fully saturated rings. The molecule has 0 aliphatic carbocycles. The van der Waals surface area contributed by atoms with E-state index in [0.29, 0.717) is 78.1 Å². The lowest BCUT2D eigenvalue weighted by Crippen LogP contribution is -2.53. The number of aliphatic hydroxyl groups is 1. The van der Waals surface area contributed by atoms with E-state index in [1.807, 2.05) is 19.0 Å². The molecule has 0 bridgehead atoms. The van der Waals surface area contributed by atoms with E-state index in [9.17, 15) is 28.8 Å². The van der Waals surface area contributed by atoms with Crippen LogP contribution in [0.1, 0.15) is 46.0 Å². The molecule has 0 aromatic heterocycles. The van der Waals surface area contributed by atoms with Crippen LogP contribution in [-0.4, -0.2) is 174 Å². The maximum absolute atomic E-state index is 12.4. The summed E-state index contributed by atoms with van der Waals surface area (Å²) in [6.07, 6.45) is -1.28. The summed E-state index contributed by atoms with van der Waals surface area (Å²) in [6, 6.07) is -0.900. The summed E-state index contributed by atoms with van der Waals surface area (Å²) in [7, 11) is 0.795. The van der Waals surface area contributed by atoms with Crippen LogP contribution in [0, 0.1) is 11.8 Å². The van der Waals surface area contributed by atoms with Crippen molar-refractivity contribution < 1.29 is 62.0 Å². The second kappa shape index (κ2) is 26.8. The third-order valence-corrected chi connectivity index (χ3v) is 8.88. The Bertz CT molecular complexity index is 1200. The van der Waals surface area contributed by atoms with Crippen molar-refractivity contribution >= 4 is 37.8 Å². The lowest BCUT2D eigenvalue weighted by molar-refractivity contribution is -0.126. The van der Waals surface area contributed by atoms with Gasteiger partial charge < -0.3 is 50.5 Å². The Morgan fingerprint density at radius 2 is 1.54 bits per heavy atom. The van der Waals surface area contributed by atoms with Crippen LogP contribution in [0.5, 0.6) is 0 Å². The molecule has 2 aliphatic heterocycles. The molecule has 0 spiro atoms. The average Bonchev–Trinajstić information content (AvgIpc) is 3.45. The molecule has 2 rings (SSSR count). The van der Waals surface area contributed by atoms with Crippen molar-refractivity contribution in [3.8, 4) is 0 Å². The second-order valence-electron chi connectivity index (χ2n) is 13.5. The largest absolute Gasteiger partial charge is 0.695 e. The predicted octanol–water partition coefficient (Wildman–Crippen LogP) is -0.901. The fraction of sp³-hybridized carbons (Fsp3) is 0.848. The van der Waals surface area contributed by atoms with Gasteiger partial charge in [-0.3, -0.25) is 24.2 Å². The van der Waals surface area contributed by atoms with Gasteiger partial charge in [0.1, 0.15) is 11.9 Å². The molecule has 0 saturated carbocycles. The van der Waals surface area contributed by atoms with Gasteiger partial charge in [0.15, 0.2) is 12.3 Å². The van der Waals surface area contributed by atoms with Crippen LogP contribution in [0.4, 0.5) is 4.79 Å². The number of aliphatic hydroxyl groups excluding tert-OH is 1. The Kier molecular flexibility index (Phi) is 23.5. The Morgan fingerprint density at radius 1 is 0.944 bits per heavy atom. The number of amidine groups is 1. The Morgan fingerprint density at radius 3 is 2.15 bits per heavy atom. The van der Waals surface area contributed by atoms with Crippen molar-refractivity contribution in [1.29, 1.82) is 0 Å². The number of nitrogens with two attached hydrogens (primary N) is 1. The van der Waals surface area contributed by atoms with Gasteiger partial charge in [-0.15, -0.1) is 9.42 Å². The highest BCUT2D eigenvalue weighted by atomic mass is 31.1. The van der Waals surface area contributed by atoms with Crippen molar-refractivity contribution in [3.63, 3.8) is 0 Å². The number of hydrogen-bond acceptors (Lipinski definition) is 14. The summed E-state index contributed by atoms with van der Waals surface area (Å²) in [4.78, 5) is 64.9. The molecular weight excluding hydrogens is 733 g/mol. The van der Waals surface area contributed by atoms with Gasteiger partial charge in [-0.05, 0) is 39.3 Å². The van der Waals surface area contributed by atoms with Gasteiger partial charge in [0.25, 0.3) is 0 Å². The van der Waals surface area contributed by atoms with Gasteiger partial charge in [-0.2, -0.15) is 4.99 Å². The zero-order valence-corrected chi connectivity index (χ0v) is 32.8.